The summed E-state index contributed by atoms with van der Waals surface area (Å²) in [4.78, 5) is 27.0. The molecule has 0 fully saturated rings. The van der Waals surface area contributed by atoms with Crippen LogP contribution >= 0.6 is 0 Å². The molecule has 0 aliphatic carbocycles. The first-order chi connectivity index (χ1) is 15.3. The van der Waals surface area contributed by atoms with Gasteiger partial charge in [-0.05, 0) is 24.1 Å². The number of ether oxygens (including phenoxy) is 2. The van der Waals surface area contributed by atoms with Gasteiger partial charge in [-0.1, -0.05) is 30.3 Å². The van der Waals surface area contributed by atoms with Gasteiger partial charge in [-0.2, -0.15) is 5.26 Å². The first kappa shape index (κ1) is 22.4. The molecule has 164 valence electrons. The molecule has 0 saturated heterocycles. The number of phenolic OH excluding ortho intramolecular Hbond substituents is 1. The van der Waals surface area contributed by atoms with Crippen molar-refractivity contribution in [1.82, 2.24) is 0 Å². The number of phenols is 1. The molecule has 0 aromatic heterocycles. The van der Waals surface area contributed by atoms with E-state index in [0.717, 1.165) is 31.3 Å². The number of methoxy groups -OCH3 is 2. The summed E-state index contributed by atoms with van der Waals surface area (Å²) < 4.78 is 23.7. The maximum absolute atomic E-state index is 13.9. The van der Waals surface area contributed by atoms with Crippen LogP contribution in [-0.4, -0.2) is 31.3 Å². The largest absolute Gasteiger partial charge is 0.505 e. The summed E-state index contributed by atoms with van der Waals surface area (Å²) in [6.07, 6.45) is 0. The van der Waals surface area contributed by atoms with Gasteiger partial charge >= 0.3 is 11.9 Å². The minimum absolute atomic E-state index is 0.0348. The number of allylic oxidation sites excluding steroid dienone is 1. The Hall–Kier alpha value is -4.32. The minimum atomic E-state index is -1.02. The van der Waals surface area contributed by atoms with Crippen LogP contribution in [0, 0.1) is 24.1 Å². The Morgan fingerprint density at radius 2 is 1.78 bits per heavy atom. The zero-order valence-electron chi connectivity index (χ0n) is 17.5. The van der Waals surface area contributed by atoms with Crippen molar-refractivity contribution in [2.24, 2.45) is 5.73 Å². The van der Waals surface area contributed by atoms with E-state index in [1.807, 2.05) is 6.07 Å². The molecular formula is C23H20FN3O5. The van der Waals surface area contributed by atoms with E-state index in [1.54, 1.807) is 30.3 Å². The van der Waals surface area contributed by atoms with Crippen molar-refractivity contribution in [1.29, 1.82) is 5.26 Å². The molecule has 1 aliphatic rings. The van der Waals surface area contributed by atoms with E-state index >= 15 is 0 Å². The van der Waals surface area contributed by atoms with Crippen LogP contribution in [0.1, 0.15) is 17.0 Å². The highest BCUT2D eigenvalue weighted by molar-refractivity contribution is 6.06. The van der Waals surface area contributed by atoms with E-state index in [2.05, 4.69) is 0 Å². The number of nitrogens with two attached hydrogens (primary N) is 1. The maximum atomic E-state index is 13.9. The molecule has 8 nitrogen and oxygen atoms in total. The van der Waals surface area contributed by atoms with Crippen LogP contribution in [0.5, 0.6) is 5.75 Å². The number of anilines is 1. The molecule has 2 aromatic rings. The molecule has 3 N–H and O–H groups in total. The van der Waals surface area contributed by atoms with Crippen molar-refractivity contribution < 1.29 is 28.6 Å². The summed E-state index contributed by atoms with van der Waals surface area (Å²) in [5.74, 6) is -4.60. The highest BCUT2D eigenvalue weighted by atomic mass is 19.1. The molecule has 0 bridgehead atoms. The third-order valence-electron chi connectivity index (χ3n) is 5.12. The molecule has 32 heavy (non-hydrogen) atoms. The first-order valence-electron chi connectivity index (χ1n) is 9.41. The van der Waals surface area contributed by atoms with Gasteiger partial charge in [-0.3, -0.25) is 4.90 Å². The van der Waals surface area contributed by atoms with Crippen molar-refractivity contribution in [3.05, 3.63) is 82.1 Å². The first-order valence-corrected chi connectivity index (χ1v) is 9.41. The minimum Gasteiger partial charge on any atom is -0.505 e. The van der Waals surface area contributed by atoms with Gasteiger partial charge in [-0.25, -0.2) is 14.0 Å². The van der Waals surface area contributed by atoms with Crippen molar-refractivity contribution in [2.75, 3.05) is 19.1 Å². The summed E-state index contributed by atoms with van der Waals surface area (Å²) in [5, 5.41) is 19.9. The van der Waals surface area contributed by atoms with Gasteiger partial charge in [-0.15, -0.1) is 0 Å². The Labute approximate surface area is 183 Å². The van der Waals surface area contributed by atoms with Gasteiger partial charge in [0.15, 0.2) is 11.6 Å². The van der Waals surface area contributed by atoms with Gasteiger partial charge in [0.25, 0.3) is 0 Å². The number of carbonyl (C=O) groups excluding carboxylic acids is 2. The maximum Gasteiger partial charge on any atom is 0.355 e. The molecule has 0 radical (unpaired) electrons. The predicted octanol–water partition coefficient (Wildman–Crippen LogP) is 2.74. The fourth-order valence-electron chi connectivity index (χ4n) is 3.65. The number of nitriles is 1. The fraction of sp³-hybridized carbons (Fsp3) is 0.174. The van der Waals surface area contributed by atoms with Crippen LogP contribution in [0.2, 0.25) is 0 Å². The van der Waals surface area contributed by atoms with Gasteiger partial charge in [0.2, 0.25) is 0 Å². The number of halogens is 1. The molecule has 1 aliphatic heterocycles. The molecule has 0 amide bonds. The lowest BCUT2D eigenvalue weighted by atomic mass is 9.80. The molecule has 9 heteroatoms. The van der Waals surface area contributed by atoms with Crippen molar-refractivity contribution >= 4 is 17.6 Å². The average molecular weight is 437 g/mol. The Bertz CT molecular complexity index is 1200. The van der Waals surface area contributed by atoms with E-state index in [1.165, 1.54) is 6.92 Å². The summed E-state index contributed by atoms with van der Waals surface area (Å²) in [6.45, 7) is 1.52. The Kier molecular flexibility index (Phi) is 6.16. The number of rotatable bonds is 4. The summed E-state index contributed by atoms with van der Waals surface area (Å²) in [7, 11) is 2.26. The summed E-state index contributed by atoms with van der Waals surface area (Å²) in [5.41, 5.74) is 6.72. The number of hydrogen-bond acceptors (Lipinski definition) is 8. The van der Waals surface area contributed by atoms with E-state index in [-0.39, 0.29) is 33.9 Å². The molecule has 3 rings (SSSR count). The molecule has 2 aromatic carbocycles. The Balaban J connectivity index is 2.46. The third-order valence-corrected chi connectivity index (χ3v) is 5.12. The van der Waals surface area contributed by atoms with Crippen LogP contribution < -0.4 is 10.6 Å². The standard InChI is InChI=1S/C23H20FN3O5/c1-12-9-15(24)17(28)10-16(12)27-20(23(30)32-3)19(22(29)31-2)18(14(11-25)21(27)26)13-7-5-4-6-8-13/h4-10,18,28H,26H2,1-3H3. The molecule has 0 saturated carbocycles. The zero-order chi connectivity index (χ0) is 23.6. The summed E-state index contributed by atoms with van der Waals surface area (Å²) in [6, 6.07) is 12.6. The molecule has 1 atom stereocenters. The highest BCUT2D eigenvalue weighted by Gasteiger charge is 2.43. The second-order valence-corrected chi connectivity index (χ2v) is 6.93. The smallest absolute Gasteiger partial charge is 0.355 e. The molecule has 0 spiro atoms. The predicted molar refractivity (Wildman–Crippen MR) is 112 cm³/mol. The third kappa shape index (κ3) is 3.63. The fourth-order valence-corrected chi connectivity index (χ4v) is 3.65. The number of esters is 2. The molecule has 1 heterocycles. The van der Waals surface area contributed by atoms with Gasteiger partial charge in [0, 0.05) is 6.07 Å². The molecule has 1 unspecified atom stereocenters. The van der Waals surface area contributed by atoms with Crippen molar-refractivity contribution in [2.45, 2.75) is 12.8 Å². The lowest BCUT2D eigenvalue weighted by Gasteiger charge is -2.36. The highest BCUT2D eigenvalue weighted by Crippen LogP contribution is 2.44. The van der Waals surface area contributed by atoms with Crippen LogP contribution in [0.4, 0.5) is 10.1 Å². The average Bonchev–Trinajstić information content (AvgIpc) is 2.80. The van der Waals surface area contributed by atoms with E-state index in [9.17, 15) is 24.3 Å². The normalized spacial score (nSPS) is 16.0. The van der Waals surface area contributed by atoms with Crippen LogP contribution in [0.25, 0.3) is 0 Å². The van der Waals surface area contributed by atoms with Gasteiger partial charge in [0.1, 0.15) is 11.5 Å². The lowest BCUT2D eigenvalue weighted by molar-refractivity contribution is -0.139. The monoisotopic (exact) mass is 437 g/mol. The molecular weight excluding hydrogens is 417 g/mol. The topological polar surface area (TPSA) is 126 Å². The Morgan fingerprint density at radius 1 is 1.16 bits per heavy atom. The lowest BCUT2D eigenvalue weighted by Crippen LogP contribution is -2.41. The van der Waals surface area contributed by atoms with Crippen LogP contribution in [-0.2, 0) is 19.1 Å². The second kappa shape index (κ2) is 8.81. The van der Waals surface area contributed by atoms with Gasteiger partial charge < -0.3 is 20.3 Å². The SMILES string of the molecule is COC(=O)C1=C(C(=O)OC)N(c2cc(O)c(F)cc2C)C(N)=C(C#N)C1c1ccccc1. The summed E-state index contributed by atoms with van der Waals surface area (Å²) >= 11 is 0. The number of carbonyl (C=O) groups is 2. The van der Waals surface area contributed by atoms with Crippen LogP contribution in [0.3, 0.4) is 0 Å². The number of benzene rings is 2. The van der Waals surface area contributed by atoms with Crippen LogP contribution in [0.15, 0.2) is 65.1 Å². The zero-order valence-corrected chi connectivity index (χ0v) is 17.5. The van der Waals surface area contributed by atoms with E-state index in [4.69, 9.17) is 15.2 Å². The van der Waals surface area contributed by atoms with E-state index < -0.39 is 29.4 Å². The number of aromatic hydroxyl groups is 1. The van der Waals surface area contributed by atoms with Crippen molar-refractivity contribution in [3.63, 3.8) is 0 Å². The van der Waals surface area contributed by atoms with Gasteiger partial charge in [0.05, 0.1) is 43.0 Å². The number of nitrogens with zero attached hydrogens (tertiary/aromatic N) is 2. The Morgan fingerprint density at radius 3 is 2.34 bits per heavy atom. The number of aryl methyl sites for hydroxylation is 1. The number of hydrogen-bond donors (Lipinski definition) is 2. The second-order valence-electron chi connectivity index (χ2n) is 6.93. The quantitative estimate of drug-likeness (QED) is 0.700. The van der Waals surface area contributed by atoms with Crippen molar-refractivity contribution in [3.8, 4) is 11.8 Å². The van der Waals surface area contributed by atoms with E-state index in [0.29, 0.717) is 5.56 Å².